The van der Waals surface area contributed by atoms with Crippen molar-refractivity contribution in [1.29, 1.82) is 0 Å². The average molecular weight is 843 g/mol. The van der Waals surface area contributed by atoms with Crippen molar-refractivity contribution in [3.63, 3.8) is 0 Å². The van der Waals surface area contributed by atoms with Gasteiger partial charge in [-0.3, -0.25) is 0 Å². The largest absolute Gasteiger partial charge is 0.507 e. The number of phenolic OH excluding ortho intramolecular Hbond substituents is 2. The van der Waals surface area contributed by atoms with Gasteiger partial charge in [0.05, 0.1) is 0 Å². The number of benzene rings is 5. The molecule has 0 spiro atoms. The van der Waals surface area contributed by atoms with E-state index >= 15 is 0 Å². The van der Waals surface area contributed by atoms with Gasteiger partial charge in [-0.05, 0) is 178 Å². The van der Waals surface area contributed by atoms with E-state index < -0.39 is 7.92 Å². The summed E-state index contributed by atoms with van der Waals surface area (Å²) < 4.78 is 0. The van der Waals surface area contributed by atoms with Crippen molar-refractivity contribution in [1.82, 2.24) is 0 Å². The molecule has 0 aliphatic heterocycles. The molecule has 0 bridgehead atoms. The third kappa shape index (κ3) is 10.9. The zero-order valence-electron chi connectivity index (χ0n) is 40.5. The van der Waals surface area contributed by atoms with Crippen LogP contribution in [0.2, 0.25) is 0 Å². The van der Waals surface area contributed by atoms with E-state index in [-0.39, 0.29) is 29.6 Å². The van der Waals surface area contributed by atoms with Crippen LogP contribution in [-0.4, -0.2) is 42.5 Å². The summed E-state index contributed by atoms with van der Waals surface area (Å²) in [5.74, 6) is 0.636. The number of hydrogen-bond acceptors (Lipinski definition) is 2. The molecule has 0 aromatic heterocycles. The number of phenols is 2. The van der Waals surface area contributed by atoms with Gasteiger partial charge in [0, 0.05) is 22.3 Å². The Morgan fingerprint density at radius 2 is 0.667 bits per heavy atom. The molecule has 0 fully saturated rings. The van der Waals surface area contributed by atoms with E-state index in [2.05, 4.69) is 197 Å². The third-order valence-corrected chi connectivity index (χ3v) is 15.5. The molecule has 0 heterocycles. The number of unbranched alkanes of at least 4 members (excludes halogenated alkanes) is 1. The fourth-order valence-electron chi connectivity index (χ4n) is 8.20. The first-order chi connectivity index (χ1) is 27.6. The molecular weight excluding hydrogens is 767 g/mol. The van der Waals surface area contributed by atoms with E-state index in [0.29, 0.717) is 11.5 Å². The standard InChI is InChI=1S/C56H76O2P2/c1-35-23-44(38-29-40(53(4,5)6)33-41(30-38)54(7,8)9)50(57)46(25-35)48-27-37(3)28-49(52(48)60(18)22-20-19-21-59(16)17)47-26-36(2)24-45(51(47)58)39-31-42(55(10,11)12)34-43(32-39)56(13,14)15/h23-34,57-58H,19-22H2,1-18H3. The first kappa shape index (κ1) is 47.6. The van der Waals surface area contributed by atoms with Crippen molar-refractivity contribution in [2.75, 3.05) is 32.3 Å². The highest BCUT2D eigenvalue weighted by Gasteiger charge is 2.28. The van der Waals surface area contributed by atoms with E-state index in [4.69, 9.17) is 0 Å². The number of aryl methyl sites for hydroxylation is 3. The molecule has 5 rings (SSSR count). The van der Waals surface area contributed by atoms with E-state index in [1.807, 2.05) is 0 Å². The summed E-state index contributed by atoms with van der Waals surface area (Å²) in [6, 6.07) is 27.1. The van der Waals surface area contributed by atoms with Crippen LogP contribution >= 0.6 is 15.8 Å². The fourth-order valence-corrected chi connectivity index (χ4v) is 11.2. The van der Waals surface area contributed by atoms with Crippen LogP contribution in [0.5, 0.6) is 11.5 Å². The highest BCUT2D eigenvalue weighted by atomic mass is 31.1. The molecule has 5 aromatic carbocycles. The van der Waals surface area contributed by atoms with Gasteiger partial charge >= 0.3 is 0 Å². The Bertz CT molecular complexity index is 2140. The molecular formula is C56H76O2P2. The molecule has 0 saturated carbocycles. The van der Waals surface area contributed by atoms with Crippen molar-refractivity contribution in [3.8, 4) is 56.0 Å². The molecule has 1 unspecified atom stereocenters. The van der Waals surface area contributed by atoms with E-state index in [1.165, 1.54) is 40.1 Å². The fraction of sp³-hybridized carbons (Fsp3) is 0.464. The molecule has 322 valence electrons. The first-order valence-corrected chi connectivity index (χ1v) is 26.5. The van der Waals surface area contributed by atoms with Gasteiger partial charge in [0.1, 0.15) is 11.5 Å². The smallest absolute Gasteiger partial charge is 0.131 e. The Morgan fingerprint density at radius 3 is 0.967 bits per heavy atom. The van der Waals surface area contributed by atoms with Crippen LogP contribution in [0.3, 0.4) is 0 Å². The molecule has 60 heavy (non-hydrogen) atoms. The highest BCUT2D eigenvalue weighted by Crippen LogP contribution is 2.49. The maximum atomic E-state index is 12.7. The molecule has 5 aromatic rings. The van der Waals surface area contributed by atoms with Crippen LogP contribution in [0.4, 0.5) is 0 Å². The second kappa shape index (κ2) is 17.7. The summed E-state index contributed by atoms with van der Waals surface area (Å²) in [6.07, 6.45) is 4.76. The maximum Gasteiger partial charge on any atom is 0.131 e. The van der Waals surface area contributed by atoms with Crippen molar-refractivity contribution >= 4 is 21.1 Å². The summed E-state index contributed by atoms with van der Waals surface area (Å²) in [4.78, 5) is 0. The maximum absolute atomic E-state index is 12.7. The summed E-state index contributed by atoms with van der Waals surface area (Å²) in [7, 11) is -0.618. The predicted octanol–water partition coefficient (Wildman–Crippen LogP) is 16.1. The summed E-state index contributed by atoms with van der Waals surface area (Å²) >= 11 is 0. The van der Waals surface area contributed by atoms with Gasteiger partial charge in [-0.25, -0.2) is 0 Å². The van der Waals surface area contributed by atoms with Crippen LogP contribution < -0.4 is 5.30 Å². The van der Waals surface area contributed by atoms with Crippen molar-refractivity contribution in [2.45, 2.75) is 138 Å². The minimum absolute atomic E-state index is 0.0529. The number of aromatic hydroxyl groups is 2. The number of hydrogen-bond donors (Lipinski definition) is 2. The highest BCUT2D eigenvalue weighted by molar-refractivity contribution is 7.65. The Kier molecular flexibility index (Phi) is 14.1. The van der Waals surface area contributed by atoms with E-state index in [0.717, 1.165) is 73.8 Å². The zero-order chi connectivity index (χ0) is 44.9. The van der Waals surface area contributed by atoms with Crippen molar-refractivity contribution in [2.24, 2.45) is 0 Å². The van der Waals surface area contributed by atoms with Gasteiger partial charge in [-0.15, -0.1) is 7.92 Å². The normalized spacial score (nSPS) is 13.3. The van der Waals surface area contributed by atoms with Crippen molar-refractivity contribution < 1.29 is 10.2 Å². The molecule has 2 nitrogen and oxygen atoms in total. The lowest BCUT2D eigenvalue weighted by atomic mass is 9.78. The van der Waals surface area contributed by atoms with Crippen LogP contribution in [0.25, 0.3) is 44.5 Å². The van der Waals surface area contributed by atoms with Gasteiger partial charge in [0.2, 0.25) is 0 Å². The van der Waals surface area contributed by atoms with Gasteiger partial charge < -0.3 is 10.2 Å². The van der Waals surface area contributed by atoms with Gasteiger partial charge in [0.15, 0.2) is 0 Å². The summed E-state index contributed by atoms with van der Waals surface area (Å²) in [5, 5.41) is 26.6. The molecule has 0 amide bonds. The number of rotatable bonds is 10. The second-order valence-corrected chi connectivity index (χ2v) is 27.1. The molecule has 0 radical (unpaired) electrons. The molecule has 2 N–H and O–H groups in total. The van der Waals surface area contributed by atoms with E-state index in [9.17, 15) is 10.2 Å². The average Bonchev–Trinajstić information content (AvgIpc) is 3.12. The van der Waals surface area contributed by atoms with Gasteiger partial charge in [-0.2, -0.15) is 0 Å². The Morgan fingerprint density at radius 1 is 0.383 bits per heavy atom. The molecule has 0 saturated heterocycles. The summed E-state index contributed by atoms with van der Waals surface area (Å²) in [6.45, 7) is 40.8. The molecule has 4 heteroatoms. The van der Waals surface area contributed by atoms with Crippen LogP contribution in [-0.2, 0) is 21.7 Å². The van der Waals surface area contributed by atoms with Crippen molar-refractivity contribution in [3.05, 3.63) is 112 Å². The second-order valence-electron chi connectivity index (χ2n) is 22.2. The minimum Gasteiger partial charge on any atom is -0.507 e. The zero-order valence-corrected chi connectivity index (χ0v) is 42.3. The quantitative estimate of drug-likeness (QED) is 0.109. The lowest BCUT2D eigenvalue weighted by Crippen LogP contribution is -2.16. The van der Waals surface area contributed by atoms with Crippen LogP contribution in [0, 0.1) is 20.8 Å². The molecule has 1 atom stereocenters. The van der Waals surface area contributed by atoms with E-state index in [1.54, 1.807) is 0 Å². The Balaban J connectivity index is 1.84. The first-order valence-electron chi connectivity index (χ1n) is 22.1. The van der Waals surface area contributed by atoms with Crippen LogP contribution in [0.15, 0.2) is 72.8 Å². The summed E-state index contributed by atoms with van der Waals surface area (Å²) in [5.41, 5.74) is 15.9. The topological polar surface area (TPSA) is 40.5 Å². The van der Waals surface area contributed by atoms with Gasteiger partial charge in [-0.1, -0.05) is 140 Å². The SMILES string of the molecule is Cc1cc(-c2cc(C(C)(C)C)cc(C(C)(C)C)c2)c(O)c(-c2cc(C)cc(-c3cc(C)cc(-c4cc(C(C)(C)C)cc(C(C)(C)C)c4)c3O)c2P(C)CCCCP(C)C)c1. The minimum atomic E-state index is -0.677. The van der Waals surface area contributed by atoms with Gasteiger partial charge in [0.25, 0.3) is 0 Å². The Hall–Kier alpha value is -3.44. The third-order valence-electron chi connectivity index (χ3n) is 12.0. The molecule has 0 aliphatic rings. The molecule has 0 aliphatic carbocycles. The van der Waals surface area contributed by atoms with Crippen LogP contribution in [0.1, 0.15) is 135 Å². The lowest BCUT2D eigenvalue weighted by Gasteiger charge is -2.28. The Labute approximate surface area is 368 Å². The monoisotopic (exact) mass is 843 g/mol. The predicted molar refractivity (Wildman–Crippen MR) is 271 cm³/mol. The lowest BCUT2D eigenvalue weighted by molar-refractivity contribution is 0.479.